The van der Waals surface area contributed by atoms with Gasteiger partial charge in [-0.2, -0.15) is 0 Å². The van der Waals surface area contributed by atoms with Gasteiger partial charge in [0.2, 0.25) is 0 Å². The molecule has 5 nitrogen and oxygen atoms in total. The van der Waals surface area contributed by atoms with E-state index >= 15 is 0 Å². The van der Waals surface area contributed by atoms with Crippen molar-refractivity contribution in [3.05, 3.63) is 59.7 Å². The van der Waals surface area contributed by atoms with Crippen molar-refractivity contribution in [2.45, 2.75) is 25.1 Å². The molecule has 1 fully saturated rings. The van der Waals surface area contributed by atoms with Crippen molar-refractivity contribution in [3.8, 4) is 11.5 Å². The normalized spacial score (nSPS) is 21.1. The van der Waals surface area contributed by atoms with Gasteiger partial charge >= 0.3 is 6.36 Å². The molecule has 31 heavy (non-hydrogen) atoms. The fourth-order valence-electron chi connectivity index (χ4n) is 3.89. The highest BCUT2D eigenvalue weighted by molar-refractivity contribution is 5.85. The van der Waals surface area contributed by atoms with E-state index in [1.54, 1.807) is 6.07 Å². The number of para-hydroxylation sites is 1. The van der Waals surface area contributed by atoms with Crippen molar-refractivity contribution in [2.75, 3.05) is 32.8 Å². The minimum absolute atomic E-state index is 0. The standard InChI is InChI=1S/C21H23F3N2O3.2ClH/c22-21(23,24)29-16-5-3-4-15(12-16)13-27-19-14-28-18-7-2-1-6-17(18)20(19)26-10-8-25-9-11-26;;/h1-7,12,19-20,25H,8-11,13-14H2;2*1H/t19-,20-;;/m1../s1. The largest absolute Gasteiger partial charge is 0.573 e. The van der Waals surface area contributed by atoms with Gasteiger partial charge < -0.3 is 19.5 Å². The highest BCUT2D eigenvalue weighted by Crippen LogP contribution is 2.38. The first-order chi connectivity index (χ1) is 14.0. The molecule has 10 heteroatoms. The number of fused-ring (bicyclic) bond motifs is 1. The topological polar surface area (TPSA) is 43.0 Å². The second-order valence-electron chi connectivity index (χ2n) is 7.12. The Balaban J connectivity index is 0.00000171. The molecule has 2 heterocycles. The number of nitrogens with zero attached hydrogens (tertiary/aromatic N) is 1. The quantitative estimate of drug-likeness (QED) is 0.688. The summed E-state index contributed by atoms with van der Waals surface area (Å²) in [5.74, 6) is 0.610. The third-order valence-electron chi connectivity index (χ3n) is 5.13. The molecule has 1 N–H and O–H groups in total. The van der Waals surface area contributed by atoms with Crippen LogP contribution in [-0.4, -0.2) is 50.2 Å². The maximum absolute atomic E-state index is 12.5. The lowest BCUT2D eigenvalue weighted by Crippen LogP contribution is -2.51. The number of hydrogen-bond donors (Lipinski definition) is 1. The van der Waals surface area contributed by atoms with Crippen LogP contribution in [0, 0.1) is 0 Å². The van der Waals surface area contributed by atoms with Crippen LogP contribution in [-0.2, 0) is 11.3 Å². The maximum atomic E-state index is 12.5. The van der Waals surface area contributed by atoms with Gasteiger partial charge in [-0.3, -0.25) is 4.90 Å². The molecule has 2 aliphatic heterocycles. The average molecular weight is 481 g/mol. The van der Waals surface area contributed by atoms with Crippen LogP contribution >= 0.6 is 24.8 Å². The summed E-state index contributed by atoms with van der Waals surface area (Å²) in [7, 11) is 0. The SMILES string of the molecule is Cl.Cl.FC(F)(F)Oc1cccc(CO[C@@H]2COc3ccccc3[C@H]2N2CCNCC2)c1. The summed E-state index contributed by atoms with van der Waals surface area (Å²) in [5, 5.41) is 3.36. The second kappa shape index (κ2) is 11.2. The van der Waals surface area contributed by atoms with Crippen molar-refractivity contribution in [1.82, 2.24) is 10.2 Å². The van der Waals surface area contributed by atoms with E-state index in [1.807, 2.05) is 18.2 Å². The van der Waals surface area contributed by atoms with Crippen LogP contribution in [0.1, 0.15) is 17.2 Å². The second-order valence-corrected chi connectivity index (χ2v) is 7.12. The summed E-state index contributed by atoms with van der Waals surface area (Å²) >= 11 is 0. The molecule has 0 aromatic heterocycles. The zero-order chi connectivity index (χ0) is 20.3. The van der Waals surface area contributed by atoms with Gasteiger partial charge in [0, 0.05) is 31.7 Å². The average Bonchev–Trinajstić information content (AvgIpc) is 2.71. The van der Waals surface area contributed by atoms with E-state index in [2.05, 4.69) is 21.0 Å². The van der Waals surface area contributed by atoms with E-state index in [1.165, 1.54) is 18.2 Å². The summed E-state index contributed by atoms with van der Waals surface area (Å²) in [4.78, 5) is 2.38. The van der Waals surface area contributed by atoms with E-state index in [0.29, 0.717) is 12.2 Å². The molecule has 0 unspecified atom stereocenters. The summed E-state index contributed by atoms with van der Waals surface area (Å²) in [6, 6.07) is 13.9. The number of nitrogens with one attached hydrogen (secondary N) is 1. The van der Waals surface area contributed by atoms with Crippen LogP contribution in [0.3, 0.4) is 0 Å². The van der Waals surface area contributed by atoms with Crippen LogP contribution < -0.4 is 14.8 Å². The third kappa shape index (κ3) is 6.63. The smallest absolute Gasteiger partial charge is 0.490 e. The number of alkyl halides is 3. The Morgan fingerprint density at radius 1 is 1.03 bits per heavy atom. The fraction of sp³-hybridized carbons (Fsp3) is 0.429. The van der Waals surface area contributed by atoms with E-state index < -0.39 is 6.36 Å². The first-order valence-corrected chi connectivity index (χ1v) is 9.62. The van der Waals surface area contributed by atoms with Gasteiger partial charge in [-0.05, 0) is 23.8 Å². The molecule has 0 bridgehead atoms. The molecule has 0 amide bonds. The zero-order valence-electron chi connectivity index (χ0n) is 16.6. The van der Waals surface area contributed by atoms with Crippen molar-refractivity contribution in [1.29, 1.82) is 0 Å². The molecule has 1 saturated heterocycles. The fourth-order valence-corrected chi connectivity index (χ4v) is 3.89. The molecule has 2 aromatic carbocycles. The Morgan fingerprint density at radius 2 is 1.77 bits per heavy atom. The van der Waals surface area contributed by atoms with E-state index in [4.69, 9.17) is 9.47 Å². The predicted octanol–water partition coefficient (Wildman–Crippen LogP) is 4.35. The van der Waals surface area contributed by atoms with Gasteiger partial charge in [0.15, 0.2) is 0 Å². The zero-order valence-corrected chi connectivity index (χ0v) is 18.3. The van der Waals surface area contributed by atoms with Crippen LogP contribution in [0.5, 0.6) is 11.5 Å². The van der Waals surface area contributed by atoms with E-state index in [-0.39, 0.29) is 49.3 Å². The summed E-state index contributed by atoms with van der Waals surface area (Å²) < 4.78 is 53.4. The monoisotopic (exact) mass is 480 g/mol. The van der Waals surface area contributed by atoms with Gasteiger partial charge in [-0.25, -0.2) is 0 Å². The molecule has 0 saturated carbocycles. The lowest BCUT2D eigenvalue weighted by atomic mass is 9.95. The molecule has 0 spiro atoms. The van der Waals surface area contributed by atoms with E-state index in [9.17, 15) is 13.2 Å². The summed E-state index contributed by atoms with van der Waals surface area (Å²) in [6.07, 6.45) is -4.94. The number of benzene rings is 2. The lowest BCUT2D eigenvalue weighted by Gasteiger charge is -2.42. The van der Waals surface area contributed by atoms with Crippen LogP contribution in [0.2, 0.25) is 0 Å². The molecule has 2 aliphatic rings. The number of rotatable bonds is 5. The number of ether oxygens (including phenoxy) is 3. The van der Waals surface area contributed by atoms with Crippen molar-refractivity contribution in [2.24, 2.45) is 0 Å². The number of halogens is 5. The summed E-state index contributed by atoms with van der Waals surface area (Å²) in [6.45, 7) is 4.17. The van der Waals surface area contributed by atoms with Gasteiger partial charge in [0.05, 0.1) is 12.6 Å². The minimum Gasteiger partial charge on any atom is -0.490 e. The number of hydrogen-bond acceptors (Lipinski definition) is 5. The van der Waals surface area contributed by atoms with Gasteiger partial charge in [-0.1, -0.05) is 30.3 Å². The maximum Gasteiger partial charge on any atom is 0.573 e. The Morgan fingerprint density at radius 3 is 2.52 bits per heavy atom. The number of piperazine rings is 1. The highest BCUT2D eigenvalue weighted by atomic mass is 35.5. The van der Waals surface area contributed by atoms with E-state index in [0.717, 1.165) is 37.5 Å². The first-order valence-electron chi connectivity index (χ1n) is 9.62. The molecule has 2 atom stereocenters. The van der Waals surface area contributed by atoms with Gasteiger partial charge in [0.25, 0.3) is 0 Å². The molecule has 172 valence electrons. The Kier molecular flexibility index (Phi) is 9.27. The third-order valence-corrected chi connectivity index (χ3v) is 5.13. The van der Waals surface area contributed by atoms with Crippen LogP contribution in [0.15, 0.2) is 48.5 Å². The van der Waals surface area contributed by atoms with Gasteiger partial charge in [0.1, 0.15) is 24.2 Å². The molecular weight excluding hydrogens is 456 g/mol. The van der Waals surface area contributed by atoms with Gasteiger partial charge in [-0.15, -0.1) is 38.0 Å². The molecule has 4 rings (SSSR count). The molecule has 0 radical (unpaired) electrons. The van der Waals surface area contributed by atoms with Crippen molar-refractivity contribution in [3.63, 3.8) is 0 Å². The predicted molar refractivity (Wildman–Crippen MR) is 115 cm³/mol. The summed E-state index contributed by atoms with van der Waals surface area (Å²) in [5.41, 5.74) is 1.70. The van der Waals surface area contributed by atoms with Crippen LogP contribution in [0.4, 0.5) is 13.2 Å². The molecule has 0 aliphatic carbocycles. The Bertz CT molecular complexity index is 836. The molecule has 2 aromatic rings. The van der Waals surface area contributed by atoms with Crippen molar-refractivity contribution < 1.29 is 27.4 Å². The Labute approximate surface area is 191 Å². The Hall–Kier alpha value is -1.71. The molecular formula is C21H25Cl2F3N2O3. The van der Waals surface area contributed by atoms with Crippen LogP contribution in [0.25, 0.3) is 0 Å². The first kappa shape index (κ1) is 25.5. The minimum atomic E-state index is -4.71. The lowest BCUT2D eigenvalue weighted by molar-refractivity contribution is -0.274. The van der Waals surface area contributed by atoms with Crippen molar-refractivity contribution >= 4 is 24.8 Å². The highest BCUT2D eigenvalue weighted by Gasteiger charge is 2.36.